The SMILES string of the molecule is Cn1c(CC2(N)CCCC2)nc2cnccc21. The van der Waals surface area contributed by atoms with Crippen molar-refractivity contribution in [3.63, 3.8) is 0 Å². The van der Waals surface area contributed by atoms with E-state index in [1.165, 1.54) is 12.8 Å². The van der Waals surface area contributed by atoms with Crippen molar-refractivity contribution < 1.29 is 0 Å². The molecule has 1 aliphatic carbocycles. The van der Waals surface area contributed by atoms with Crippen LogP contribution in [0.5, 0.6) is 0 Å². The maximum atomic E-state index is 6.41. The molecule has 0 saturated heterocycles. The molecule has 2 aromatic heterocycles. The largest absolute Gasteiger partial charge is 0.331 e. The molecule has 2 heterocycles. The van der Waals surface area contributed by atoms with E-state index in [0.717, 1.165) is 36.1 Å². The first-order chi connectivity index (χ1) is 8.18. The molecular weight excluding hydrogens is 212 g/mol. The highest BCUT2D eigenvalue weighted by atomic mass is 15.1. The van der Waals surface area contributed by atoms with E-state index < -0.39 is 0 Å². The van der Waals surface area contributed by atoms with Gasteiger partial charge in [0.05, 0.1) is 11.7 Å². The molecule has 0 radical (unpaired) electrons. The van der Waals surface area contributed by atoms with Crippen molar-refractivity contribution in [2.45, 2.75) is 37.6 Å². The minimum atomic E-state index is -0.0391. The summed E-state index contributed by atoms with van der Waals surface area (Å²) in [4.78, 5) is 8.75. The number of imidazole rings is 1. The summed E-state index contributed by atoms with van der Waals surface area (Å²) in [6.45, 7) is 0. The average molecular weight is 230 g/mol. The van der Waals surface area contributed by atoms with Crippen molar-refractivity contribution in [3.05, 3.63) is 24.3 Å². The fourth-order valence-electron chi connectivity index (χ4n) is 2.83. The average Bonchev–Trinajstić information content (AvgIpc) is 2.86. The first kappa shape index (κ1) is 10.7. The summed E-state index contributed by atoms with van der Waals surface area (Å²) in [6.07, 6.45) is 9.24. The maximum absolute atomic E-state index is 6.41. The van der Waals surface area contributed by atoms with E-state index in [9.17, 15) is 0 Å². The van der Waals surface area contributed by atoms with Crippen LogP contribution in [0.3, 0.4) is 0 Å². The monoisotopic (exact) mass is 230 g/mol. The second-order valence-corrected chi connectivity index (χ2v) is 5.20. The lowest BCUT2D eigenvalue weighted by atomic mass is 9.94. The van der Waals surface area contributed by atoms with E-state index in [-0.39, 0.29) is 5.54 Å². The van der Waals surface area contributed by atoms with E-state index in [2.05, 4.69) is 21.6 Å². The molecule has 0 aromatic carbocycles. The molecule has 0 unspecified atom stereocenters. The summed E-state index contributed by atoms with van der Waals surface area (Å²) in [5, 5.41) is 0. The number of hydrogen-bond acceptors (Lipinski definition) is 3. The number of aromatic nitrogens is 3. The molecule has 2 aromatic rings. The number of rotatable bonds is 2. The van der Waals surface area contributed by atoms with E-state index in [1.54, 1.807) is 0 Å². The minimum Gasteiger partial charge on any atom is -0.331 e. The summed E-state index contributed by atoms with van der Waals surface area (Å²) in [7, 11) is 2.06. The van der Waals surface area contributed by atoms with Crippen molar-refractivity contribution in [2.75, 3.05) is 0 Å². The number of fused-ring (bicyclic) bond motifs is 1. The van der Waals surface area contributed by atoms with Crippen LogP contribution in [0, 0.1) is 0 Å². The predicted molar refractivity (Wildman–Crippen MR) is 67.6 cm³/mol. The minimum absolute atomic E-state index is 0.0391. The zero-order valence-corrected chi connectivity index (χ0v) is 10.2. The van der Waals surface area contributed by atoms with Crippen LogP contribution in [-0.2, 0) is 13.5 Å². The fourth-order valence-corrected chi connectivity index (χ4v) is 2.83. The van der Waals surface area contributed by atoms with Crippen LogP contribution in [0.15, 0.2) is 18.5 Å². The summed E-state index contributed by atoms with van der Waals surface area (Å²) < 4.78 is 2.14. The molecule has 1 saturated carbocycles. The Bertz CT molecular complexity index is 537. The Morgan fingerprint density at radius 1 is 1.41 bits per heavy atom. The standard InChI is InChI=1S/C13H18N4/c1-17-11-4-7-15-9-10(11)16-12(17)8-13(14)5-2-3-6-13/h4,7,9H,2-3,5-6,8,14H2,1H3. The van der Waals surface area contributed by atoms with Crippen molar-refractivity contribution in [1.29, 1.82) is 0 Å². The van der Waals surface area contributed by atoms with E-state index >= 15 is 0 Å². The van der Waals surface area contributed by atoms with Gasteiger partial charge in [-0.2, -0.15) is 0 Å². The van der Waals surface area contributed by atoms with Gasteiger partial charge in [-0.3, -0.25) is 4.98 Å². The number of aryl methyl sites for hydroxylation is 1. The smallest absolute Gasteiger partial charge is 0.111 e. The molecule has 4 nitrogen and oxygen atoms in total. The zero-order chi connectivity index (χ0) is 11.9. The molecule has 0 bridgehead atoms. The quantitative estimate of drug-likeness (QED) is 0.855. The van der Waals surface area contributed by atoms with Crippen LogP contribution in [0.1, 0.15) is 31.5 Å². The van der Waals surface area contributed by atoms with Gasteiger partial charge in [0, 0.05) is 25.2 Å². The Kier molecular flexibility index (Phi) is 2.40. The van der Waals surface area contributed by atoms with E-state index in [0.29, 0.717) is 0 Å². The summed E-state index contributed by atoms with van der Waals surface area (Å²) in [5.41, 5.74) is 8.47. The highest BCUT2D eigenvalue weighted by Gasteiger charge is 2.31. The predicted octanol–water partition coefficient (Wildman–Crippen LogP) is 1.78. The van der Waals surface area contributed by atoms with Gasteiger partial charge in [0.2, 0.25) is 0 Å². The Balaban J connectivity index is 1.97. The van der Waals surface area contributed by atoms with Crippen molar-refractivity contribution in [2.24, 2.45) is 12.8 Å². The lowest BCUT2D eigenvalue weighted by Crippen LogP contribution is -2.39. The van der Waals surface area contributed by atoms with Gasteiger partial charge in [0.15, 0.2) is 0 Å². The summed E-state index contributed by atoms with van der Waals surface area (Å²) in [6, 6.07) is 2.00. The lowest BCUT2D eigenvalue weighted by Gasteiger charge is -2.22. The van der Waals surface area contributed by atoms with Gasteiger partial charge in [-0.05, 0) is 18.9 Å². The zero-order valence-electron chi connectivity index (χ0n) is 10.2. The highest BCUT2D eigenvalue weighted by molar-refractivity contribution is 5.74. The maximum Gasteiger partial charge on any atom is 0.111 e. The molecule has 1 fully saturated rings. The van der Waals surface area contributed by atoms with Crippen molar-refractivity contribution in [1.82, 2.24) is 14.5 Å². The third-order valence-electron chi connectivity index (χ3n) is 3.89. The molecule has 17 heavy (non-hydrogen) atoms. The molecule has 1 aliphatic rings. The fraction of sp³-hybridized carbons (Fsp3) is 0.538. The van der Waals surface area contributed by atoms with Gasteiger partial charge in [-0.1, -0.05) is 12.8 Å². The number of pyridine rings is 1. The second kappa shape index (κ2) is 3.81. The van der Waals surface area contributed by atoms with Gasteiger partial charge >= 0.3 is 0 Å². The third kappa shape index (κ3) is 1.82. The highest BCUT2D eigenvalue weighted by Crippen LogP contribution is 2.30. The molecular formula is C13H18N4. The number of hydrogen-bond donors (Lipinski definition) is 1. The molecule has 2 N–H and O–H groups in total. The van der Waals surface area contributed by atoms with Crippen LogP contribution in [-0.4, -0.2) is 20.1 Å². The lowest BCUT2D eigenvalue weighted by molar-refractivity contribution is 0.422. The first-order valence-corrected chi connectivity index (χ1v) is 6.22. The Labute approximate surface area is 101 Å². The van der Waals surface area contributed by atoms with Gasteiger partial charge in [-0.25, -0.2) is 4.98 Å². The first-order valence-electron chi connectivity index (χ1n) is 6.22. The van der Waals surface area contributed by atoms with Crippen LogP contribution in [0.4, 0.5) is 0 Å². The van der Waals surface area contributed by atoms with Crippen LogP contribution >= 0.6 is 0 Å². The summed E-state index contributed by atoms with van der Waals surface area (Å²) >= 11 is 0. The molecule has 0 atom stereocenters. The molecule has 0 spiro atoms. The van der Waals surface area contributed by atoms with Crippen LogP contribution < -0.4 is 5.73 Å². The van der Waals surface area contributed by atoms with E-state index in [1.807, 2.05) is 18.5 Å². The topological polar surface area (TPSA) is 56.7 Å². The second-order valence-electron chi connectivity index (χ2n) is 5.20. The van der Waals surface area contributed by atoms with Gasteiger partial charge in [-0.15, -0.1) is 0 Å². The van der Waals surface area contributed by atoms with Crippen molar-refractivity contribution in [3.8, 4) is 0 Å². The number of nitrogens with zero attached hydrogens (tertiary/aromatic N) is 3. The summed E-state index contributed by atoms with van der Waals surface area (Å²) in [5.74, 6) is 1.08. The van der Waals surface area contributed by atoms with Gasteiger partial charge in [0.25, 0.3) is 0 Å². The van der Waals surface area contributed by atoms with Gasteiger partial charge in [0.1, 0.15) is 11.3 Å². The van der Waals surface area contributed by atoms with E-state index in [4.69, 9.17) is 5.73 Å². The molecule has 3 rings (SSSR count). The molecule has 0 aliphatic heterocycles. The molecule has 90 valence electrons. The molecule has 0 amide bonds. The molecule has 4 heteroatoms. The van der Waals surface area contributed by atoms with Crippen molar-refractivity contribution >= 4 is 11.0 Å². The Hall–Kier alpha value is -1.42. The normalized spacial score (nSPS) is 18.9. The van der Waals surface area contributed by atoms with Gasteiger partial charge < -0.3 is 10.3 Å². The Morgan fingerprint density at radius 3 is 2.88 bits per heavy atom. The van der Waals surface area contributed by atoms with Crippen LogP contribution in [0.2, 0.25) is 0 Å². The number of nitrogens with two attached hydrogens (primary N) is 1. The van der Waals surface area contributed by atoms with Crippen LogP contribution in [0.25, 0.3) is 11.0 Å². The Morgan fingerprint density at radius 2 is 2.18 bits per heavy atom. The third-order valence-corrected chi connectivity index (χ3v) is 3.89.